The van der Waals surface area contributed by atoms with Crippen LogP contribution in [0.15, 0.2) is 45.6 Å². The molecular weight excluding hydrogens is 773 g/mol. The number of rotatable bonds is 1. The standard InChI is InChI=1S/C15H12BrFN2O2.C13H9BrFIN2.2CH4/c1-21-15(20)13-6-19-8-2-7(3-8)9-5-12(17)11(16)4-10(9)14(19)18-13;14-10-3-9-8(4-11(10)15)6-1-7(2-6)18-5-12(16)17-13(9)18;;/h4-8H,2-3H2,1H3;3-7H,1-2H2;2*1H4. The van der Waals surface area contributed by atoms with E-state index in [4.69, 9.17) is 4.74 Å². The molecule has 0 spiro atoms. The van der Waals surface area contributed by atoms with Gasteiger partial charge in [-0.05, 0) is 127 Å². The van der Waals surface area contributed by atoms with Crippen molar-refractivity contribution in [3.63, 3.8) is 0 Å². The Bertz CT molecular complexity index is 1680. The second-order valence-electron chi connectivity index (χ2n) is 10.5. The fourth-order valence-corrected chi connectivity index (χ4v) is 7.46. The van der Waals surface area contributed by atoms with Crippen LogP contribution in [0.1, 0.15) is 86.1 Å². The van der Waals surface area contributed by atoms with Gasteiger partial charge in [0.25, 0.3) is 0 Å². The number of esters is 1. The Morgan fingerprint density at radius 2 is 1.32 bits per heavy atom. The van der Waals surface area contributed by atoms with Gasteiger partial charge in [-0.2, -0.15) is 0 Å². The zero-order valence-electron chi connectivity index (χ0n) is 20.6. The molecule has 2 saturated carbocycles. The van der Waals surface area contributed by atoms with Crippen LogP contribution in [0, 0.1) is 15.3 Å². The highest BCUT2D eigenvalue weighted by Gasteiger charge is 2.40. The molecule has 11 heteroatoms. The molecule has 0 saturated heterocycles. The summed E-state index contributed by atoms with van der Waals surface area (Å²) in [5.41, 5.74) is 4.37. The normalized spacial score (nSPS) is 21.7. The van der Waals surface area contributed by atoms with E-state index in [-0.39, 0.29) is 26.5 Å². The molecule has 41 heavy (non-hydrogen) atoms. The summed E-state index contributed by atoms with van der Waals surface area (Å²) < 4.78 is 38.5. The van der Waals surface area contributed by atoms with Crippen LogP contribution < -0.4 is 0 Å². The van der Waals surface area contributed by atoms with Gasteiger partial charge in [0.2, 0.25) is 0 Å². The Morgan fingerprint density at radius 3 is 1.80 bits per heavy atom. The predicted octanol–water partition coefficient (Wildman–Crippen LogP) is 9.43. The highest BCUT2D eigenvalue weighted by molar-refractivity contribution is 14.1. The summed E-state index contributed by atoms with van der Waals surface area (Å²) in [5, 5.41) is 0. The van der Waals surface area contributed by atoms with Gasteiger partial charge in [-0.15, -0.1) is 0 Å². The molecule has 6 aliphatic rings. The lowest BCUT2D eigenvalue weighted by Crippen LogP contribution is -2.22. The lowest BCUT2D eigenvalue weighted by Gasteiger charge is -2.34. The van der Waals surface area contributed by atoms with E-state index in [9.17, 15) is 13.6 Å². The van der Waals surface area contributed by atoms with Gasteiger partial charge in [-0.25, -0.2) is 23.5 Å². The number of benzene rings is 2. The molecule has 6 heterocycles. The Hall–Kier alpha value is -2.12. The van der Waals surface area contributed by atoms with E-state index in [0.717, 1.165) is 63.3 Å². The molecular formula is C30H29Br2F2IN4O2. The van der Waals surface area contributed by atoms with Crippen molar-refractivity contribution in [2.45, 2.75) is 64.5 Å². The van der Waals surface area contributed by atoms with E-state index in [1.54, 1.807) is 24.4 Å². The first-order valence-electron chi connectivity index (χ1n) is 12.6. The number of halogens is 5. The third-order valence-corrected chi connectivity index (χ3v) is 10.1. The third kappa shape index (κ3) is 4.89. The maximum atomic E-state index is 13.8. The molecule has 10 rings (SSSR count). The van der Waals surface area contributed by atoms with Crippen molar-refractivity contribution in [2.24, 2.45) is 0 Å². The monoisotopic (exact) mass is 800 g/mol. The molecule has 0 unspecified atom stereocenters. The summed E-state index contributed by atoms with van der Waals surface area (Å²) >= 11 is 8.75. The second kappa shape index (κ2) is 11.2. The van der Waals surface area contributed by atoms with E-state index in [2.05, 4.69) is 75.2 Å². The molecule has 2 aromatic carbocycles. The van der Waals surface area contributed by atoms with E-state index in [0.29, 0.717) is 38.6 Å². The number of carbonyl (C=O) groups excluding carboxylic acids is 1. The van der Waals surface area contributed by atoms with Crippen LogP contribution in [-0.4, -0.2) is 32.2 Å². The summed E-state index contributed by atoms with van der Waals surface area (Å²) in [5.74, 6) is 1.69. The molecule has 2 fully saturated rings. The van der Waals surface area contributed by atoms with E-state index >= 15 is 0 Å². The number of aromatic nitrogens is 4. The summed E-state index contributed by atoms with van der Waals surface area (Å²) in [7, 11) is 1.34. The van der Waals surface area contributed by atoms with E-state index < -0.39 is 5.97 Å². The molecule has 6 nitrogen and oxygen atoms in total. The molecule has 4 aliphatic heterocycles. The molecule has 216 valence electrons. The first-order chi connectivity index (χ1) is 18.7. The van der Waals surface area contributed by atoms with E-state index in [1.807, 2.05) is 10.6 Å². The van der Waals surface area contributed by atoms with Crippen molar-refractivity contribution in [1.82, 2.24) is 19.1 Å². The average molecular weight is 802 g/mol. The number of hydrogen-bond acceptors (Lipinski definition) is 4. The van der Waals surface area contributed by atoms with Crippen LogP contribution in [-0.2, 0) is 4.74 Å². The number of nitrogens with zero attached hydrogens (tertiary/aromatic N) is 4. The van der Waals surface area contributed by atoms with Gasteiger partial charge >= 0.3 is 5.97 Å². The van der Waals surface area contributed by atoms with Crippen LogP contribution in [0.2, 0.25) is 0 Å². The first kappa shape index (κ1) is 30.3. The number of imidazole rings is 2. The molecule has 4 aromatic rings. The Morgan fingerprint density at radius 1 is 0.854 bits per heavy atom. The van der Waals surface area contributed by atoms with Crippen LogP contribution >= 0.6 is 54.5 Å². The number of ether oxygens (including phenoxy) is 1. The fourth-order valence-electron chi connectivity index (χ4n) is 6.24. The Kier molecular flexibility index (Phi) is 8.27. The van der Waals surface area contributed by atoms with Gasteiger partial charge in [-0.3, -0.25) is 0 Å². The van der Waals surface area contributed by atoms with Gasteiger partial charge in [-0.1, -0.05) is 14.9 Å². The van der Waals surface area contributed by atoms with Gasteiger partial charge < -0.3 is 13.9 Å². The van der Waals surface area contributed by atoms with Crippen molar-refractivity contribution < 1.29 is 18.3 Å². The molecule has 2 aromatic heterocycles. The summed E-state index contributed by atoms with van der Waals surface area (Å²) in [4.78, 5) is 20.7. The molecule has 2 aliphatic carbocycles. The lowest BCUT2D eigenvalue weighted by molar-refractivity contribution is 0.0594. The zero-order valence-corrected chi connectivity index (χ0v) is 25.9. The van der Waals surface area contributed by atoms with Crippen molar-refractivity contribution >= 4 is 60.4 Å². The quantitative estimate of drug-likeness (QED) is 0.142. The van der Waals surface area contributed by atoms with Crippen molar-refractivity contribution in [3.05, 3.63) is 77.8 Å². The van der Waals surface area contributed by atoms with Crippen LogP contribution in [0.4, 0.5) is 8.78 Å². The fraction of sp³-hybridized carbons (Fsp3) is 0.367. The lowest BCUT2D eigenvalue weighted by atomic mass is 9.76. The van der Waals surface area contributed by atoms with Crippen molar-refractivity contribution in [1.29, 1.82) is 0 Å². The van der Waals surface area contributed by atoms with Gasteiger partial charge in [0.15, 0.2) is 5.69 Å². The SMILES string of the molecule is C.C.COC(=O)c1cn2c(n1)-c1cc(Br)c(F)cc1C1CC2C1.Fc1cc2c(cc1Br)-c1nc(I)cn1C1CC2C1. The zero-order chi connectivity index (χ0) is 27.2. The molecule has 0 atom stereocenters. The Labute approximate surface area is 268 Å². The van der Waals surface area contributed by atoms with E-state index in [1.165, 1.54) is 7.11 Å². The minimum Gasteiger partial charge on any atom is -0.464 e. The molecule has 0 amide bonds. The minimum absolute atomic E-state index is 0. The minimum atomic E-state index is -0.450. The number of methoxy groups -OCH3 is 1. The molecule has 0 radical (unpaired) electrons. The van der Waals surface area contributed by atoms with Crippen molar-refractivity contribution in [3.8, 4) is 22.8 Å². The highest BCUT2D eigenvalue weighted by Crippen LogP contribution is 2.53. The van der Waals surface area contributed by atoms with Crippen LogP contribution in [0.5, 0.6) is 0 Å². The Balaban J connectivity index is 0.000000158. The van der Waals surface area contributed by atoms with Gasteiger partial charge in [0.05, 0.1) is 16.1 Å². The molecule has 0 N–H and O–H groups in total. The largest absolute Gasteiger partial charge is 0.464 e. The first-order valence-corrected chi connectivity index (χ1v) is 15.3. The summed E-state index contributed by atoms with van der Waals surface area (Å²) in [6, 6.07) is 7.76. The molecule has 4 bridgehead atoms. The second-order valence-corrected chi connectivity index (χ2v) is 13.3. The maximum absolute atomic E-state index is 13.8. The van der Waals surface area contributed by atoms with Crippen LogP contribution in [0.25, 0.3) is 22.8 Å². The van der Waals surface area contributed by atoms with Crippen molar-refractivity contribution in [2.75, 3.05) is 7.11 Å². The summed E-state index contributed by atoms with van der Waals surface area (Å²) in [6.07, 6.45) is 7.97. The van der Waals surface area contributed by atoms with Gasteiger partial charge in [0.1, 0.15) is 27.0 Å². The topological polar surface area (TPSA) is 61.9 Å². The number of carbonyl (C=O) groups is 1. The summed E-state index contributed by atoms with van der Waals surface area (Å²) in [6.45, 7) is 0. The predicted molar refractivity (Wildman–Crippen MR) is 170 cm³/mol. The smallest absolute Gasteiger partial charge is 0.358 e. The number of hydrogen-bond donors (Lipinski definition) is 0. The third-order valence-electron chi connectivity index (χ3n) is 8.39. The van der Waals surface area contributed by atoms with Gasteiger partial charge in [0, 0.05) is 35.6 Å². The average Bonchev–Trinajstić information content (AvgIpc) is 3.34. The maximum Gasteiger partial charge on any atom is 0.358 e. The highest BCUT2D eigenvalue weighted by atomic mass is 127. The van der Waals surface area contributed by atoms with Crippen LogP contribution in [0.3, 0.4) is 0 Å².